The third-order valence-corrected chi connectivity index (χ3v) is 8.27. The molecular formula is C26H27Cl2N3O5S. The van der Waals surface area contributed by atoms with Crippen LogP contribution in [-0.4, -0.2) is 51.9 Å². The number of hydrogen-bond acceptors (Lipinski definition) is 5. The van der Waals surface area contributed by atoms with Crippen molar-refractivity contribution in [3.05, 3.63) is 88.4 Å². The summed E-state index contributed by atoms with van der Waals surface area (Å²) >= 11 is 12.7. The quantitative estimate of drug-likeness (QED) is 0.395. The van der Waals surface area contributed by atoms with Gasteiger partial charge in [-0.1, -0.05) is 47.5 Å². The van der Waals surface area contributed by atoms with Crippen LogP contribution in [0.2, 0.25) is 10.0 Å². The lowest BCUT2D eigenvalue weighted by atomic mass is 10.1. The van der Waals surface area contributed by atoms with Gasteiger partial charge in [0.25, 0.3) is 10.0 Å². The summed E-state index contributed by atoms with van der Waals surface area (Å²) in [4.78, 5) is 27.6. The third-order valence-electron chi connectivity index (χ3n) is 5.77. The number of nitrogens with one attached hydrogen (secondary N) is 1. The van der Waals surface area contributed by atoms with Crippen LogP contribution in [0.15, 0.2) is 77.7 Å². The highest BCUT2D eigenvalue weighted by Gasteiger charge is 2.32. The van der Waals surface area contributed by atoms with E-state index in [-0.39, 0.29) is 17.1 Å². The minimum Gasteiger partial charge on any atom is -0.497 e. The maximum Gasteiger partial charge on any atom is 0.264 e. The highest BCUT2D eigenvalue weighted by molar-refractivity contribution is 7.92. The SMILES string of the molecule is CNC(=O)[C@H](C)N(Cc1c(Cl)cccc1Cl)C(=O)CN(c1ccc(OC)cc1)S(=O)(=O)c1ccccc1. The fraction of sp³-hybridized carbons (Fsp3) is 0.231. The molecule has 0 saturated carbocycles. The van der Waals surface area contributed by atoms with Crippen molar-refractivity contribution in [2.24, 2.45) is 0 Å². The summed E-state index contributed by atoms with van der Waals surface area (Å²) in [5.74, 6) is -0.531. The molecule has 3 aromatic carbocycles. The monoisotopic (exact) mass is 563 g/mol. The van der Waals surface area contributed by atoms with Gasteiger partial charge in [0.05, 0.1) is 17.7 Å². The molecule has 0 spiro atoms. The van der Waals surface area contributed by atoms with Crippen LogP contribution in [0, 0.1) is 0 Å². The molecule has 0 aliphatic rings. The van der Waals surface area contributed by atoms with Crippen LogP contribution in [0.4, 0.5) is 5.69 Å². The average Bonchev–Trinajstić information content (AvgIpc) is 2.91. The van der Waals surface area contributed by atoms with Crippen LogP contribution < -0.4 is 14.4 Å². The van der Waals surface area contributed by atoms with Gasteiger partial charge in [-0.25, -0.2) is 8.42 Å². The van der Waals surface area contributed by atoms with Gasteiger partial charge in [0, 0.05) is 29.2 Å². The van der Waals surface area contributed by atoms with Gasteiger partial charge in [-0.2, -0.15) is 0 Å². The predicted molar refractivity (Wildman–Crippen MR) is 145 cm³/mol. The van der Waals surface area contributed by atoms with E-state index in [1.807, 2.05) is 0 Å². The van der Waals surface area contributed by atoms with Gasteiger partial charge in [0.15, 0.2) is 0 Å². The van der Waals surface area contributed by atoms with Gasteiger partial charge in [-0.15, -0.1) is 0 Å². The number of ether oxygens (including phenoxy) is 1. The number of benzene rings is 3. The van der Waals surface area contributed by atoms with E-state index in [9.17, 15) is 18.0 Å². The van der Waals surface area contributed by atoms with Crippen molar-refractivity contribution in [2.75, 3.05) is 25.0 Å². The molecule has 0 fully saturated rings. The summed E-state index contributed by atoms with van der Waals surface area (Å²) in [6.07, 6.45) is 0. The number of halogens is 2. The first-order chi connectivity index (χ1) is 17.6. The summed E-state index contributed by atoms with van der Waals surface area (Å²) in [5.41, 5.74) is 0.693. The molecule has 0 unspecified atom stereocenters. The van der Waals surface area contributed by atoms with Crippen LogP contribution in [0.5, 0.6) is 5.75 Å². The Bertz CT molecular complexity index is 1330. The molecule has 2 amide bonds. The van der Waals surface area contributed by atoms with Gasteiger partial charge >= 0.3 is 0 Å². The van der Waals surface area contributed by atoms with Crippen molar-refractivity contribution in [1.82, 2.24) is 10.2 Å². The van der Waals surface area contributed by atoms with Crippen molar-refractivity contribution in [1.29, 1.82) is 0 Å². The van der Waals surface area contributed by atoms with Crippen molar-refractivity contribution in [3.8, 4) is 5.75 Å². The average molecular weight is 564 g/mol. The van der Waals surface area contributed by atoms with Crippen LogP contribution in [-0.2, 0) is 26.2 Å². The molecule has 0 radical (unpaired) electrons. The van der Waals surface area contributed by atoms with Gasteiger partial charge in [-0.05, 0) is 55.5 Å². The molecule has 0 saturated heterocycles. The highest BCUT2D eigenvalue weighted by Crippen LogP contribution is 2.29. The minimum absolute atomic E-state index is 0.0127. The number of anilines is 1. The first-order valence-electron chi connectivity index (χ1n) is 11.3. The molecule has 0 aromatic heterocycles. The van der Waals surface area contributed by atoms with Crippen LogP contribution >= 0.6 is 23.2 Å². The number of nitrogens with zero attached hydrogens (tertiary/aromatic N) is 2. The highest BCUT2D eigenvalue weighted by atomic mass is 35.5. The fourth-order valence-electron chi connectivity index (χ4n) is 3.64. The molecule has 0 heterocycles. The Morgan fingerprint density at radius 1 is 0.946 bits per heavy atom. The van der Waals surface area contributed by atoms with E-state index in [0.717, 1.165) is 4.31 Å². The largest absolute Gasteiger partial charge is 0.497 e. The number of amides is 2. The summed E-state index contributed by atoms with van der Waals surface area (Å²) in [6, 6.07) is 18.1. The normalized spacial score (nSPS) is 11.9. The minimum atomic E-state index is -4.15. The Kier molecular flexibility index (Phi) is 9.42. The second kappa shape index (κ2) is 12.3. The Hall–Kier alpha value is -3.27. The summed E-state index contributed by atoms with van der Waals surface area (Å²) in [7, 11) is -1.20. The lowest BCUT2D eigenvalue weighted by Gasteiger charge is -2.32. The molecule has 0 aliphatic carbocycles. The molecule has 0 aliphatic heterocycles. The number of rotatable bonds is 10. The predicted octanol–water partition coefficient (Wildman–Crippen LogP) is 4.36. The Labute approximate surface area is 226 Å². The maximum atomic E-state index is 13.7. The van der Waals surface area contributed by atoms with Gasteiger partial charge in [-0.3, -0.25) is 13.9 Å². The summed E-state index contributed by atoms with van der Waals surface area (Å²) < 4.78 is 33.5. The van der Waals surface area contributed by atoms with E-state index in [1.165, 1.54) is 31.2 Å². The van der Waals surface area contributed by atoms with Crippen LogP contribution in [0.1, 0.15) is 12.5 Å². The van der Waals surface area contributed by atoms with Crippen molar-refractivity contribution in [3.63, 3.8) is 0 Å². The van der Waals surface area contributed by atoms with Crippen LogP contribution in [0.25, 0.3) is 0 Å². The second-order valence-electron chi connectivity index (χ2n) is 8.03. The number of methoxy groups -OCH3 is 1. The zero-order chi connectivity index (χ0) is 27.2. The van der Waals surface area contributed by atoms with Crippen molar-refractivity contribution >= 4 is 50.7 Å². The lowest BCUT2D eigenvalue weighted by molar-refractivity contribution is -0.139. The molecule has 11 heteroatoms. The van der Waals surface area contributed by atoms with Gasteiger partial charge in [0.1, 0.15) is 18.3 Å². The zero-order valence-electron chi connectivity index (χ0n) is 20.5. The number of carbonyl (C=O) groups excluding carboxylic acids is 2. The fourth-order valence-corrected chi connectivity index (χ4v) is 5.59. The molecule has 37 heavy (non-hydrogen) atoms. The van der Waals surface area contributed by atoms with Crippen molar-refractivity contribution in [2.45, 2.75) is 24.4 Å². The number of likely N-dealkylation sites (N-methyl/N-ethyl adjacent to an activating group) is 1. The first kappa shape index (κ1) is 28.3. The molecular weight excluding hydrogens is 537 g/mol. The number of sulfonamides is 1. The van der Waals surface area contributed by atoms with E-state index in [2.05, 4.69) is 5.32 Å². The van der Waals surface area contributed by atoms with Gasteiger partial charge < -0.3 is 15.0 Å². The summed E-state index contributed by atoms with van der Waals surface area (Å²) in [6.45, 7) is 0.867. The lowest BCUT2D eigenvalue weighted by Crippen LogP contribution is -2.50. The molecule has 1 N–H and O–H groups in total. The molecule has 0 bridgehead atoms. The molecule has 1 atom stereocenters. The molecule has 3 aromatic rings. The maximum absolute atomic E-state index is 13.7. The van der Waals surface area contributed by atoms with E-state index in [0.29, 0.717) is 21.4 Å². The molecule has 196 valence electrons. The van der Waals surface area contributed by atoms with E-state index < -0.39 is 34.4 Å². The number of hydrogen-bond donors (Lipinski definition) is 1. The number of carbonyl (C=O) groups is 2. The first-order valence-corrected chi connectivity index (χ1v) is 13.5. The van der Waals surface area contributed by atoms with E-state index in [4.69, 9.17) is 27.9 Å². The smallest absolute Gasteiger partial charge is 0.264 e. The van der Waals surface area contributed by atoms with Crippen LogP contribution in [0.3, 0.4) is 0 Å². The Morgan fingerprint density at radius 3 is 2.08 bits per heavy atom. The Morgan fingerprint density at radius 2 is 1.54 bits per heavy atom. The molecule has 3 rings (SSSR count). The third kappa shape index (κ3) is 6.54. The van der Waals surface area contributed by atoms with E-state index >= 15 is 0 Å². The summed E-state index contributed by atoms with van der Waals surface area (Å²) in [5, 5.41) is 3.16. The Balaban J connectivity index is 2.05. The zero-order valence-corrected chi connectivity index (χ0v) is 22.8. The standard InChI is InChI=1S/C26H27Cl2N3O5S/c1-18(26(33)29-2)30(16-22-23(27)10-7-11-24(22)28)25(32)17-31(19-12-14-20(36-3)15-13-19)37(34,35)21-8-5-4-6-9-21/h4-15,18H,16-17H2,1-3H3,(H,29,33)/t18-/m0/s1. The topological polar surface area (TPSA) is 96.0 Å². The second-order valence-corrected chi connectivity index (χ2v) is 10.7. The molecule has 8 nitrogen and oxygen atoms in total. The van der Waals surface area contributed by atoms with Gasteiger partial charge in [0.2, 0.25) is 11.8 Å². The van der Waals surface area contributed by atoms with Crippen molar-refractivity contribution < 1.29 is 22.7 Å². The van der Waals surface area contributed by atoms with E-state index in [1.54, 1.807) is 67.6 Å².